The first-order valence-electron chi connectivity index (χ1n) is 12.2. The normalized spacial score (nSPS) is 14.9. The molecule has 0 atom stereocenters. The van der Waals surface area contributed by atoms with Gasteiger partial charge in [-0.15, -0.1) is 0 Å². The number of hydrogen-bond donors (Lipinski definition) is 1. The molecule has 1 aromatic heterocycles. The zero-order valence-electron chi connectivity index (χ0n) is 20.7. The van der Waals surface area contributed by atoms with Gasteiger partial charge in [-0.25, -0.2) is 13.4 Å². The molecule has 1 aliphatic heterocycles. The summed E-state index contributed by atoms with van der Waals surface area (Å²) in [6.07, 6.45) is 2.76. The second kappa shape index (κ2) is 10.9. The molecule has 0 bridgehead atoms. The molecule has 2 aromatic carbocycles. The molecule has 1 aliphatic rings. The molecule has 3 aromatic rings. The summed E-state index contributed by atoms with van der Waals surface area (Å²) in [5.74, 6) is 0.725. The van der Waals surface area contributed by atoms with Crippen molar-refractivity contribution < 1.29 is 17.9 Å². The summed E-state index contributed by atoms with van der Waals surface area (Å²) in [6, 6.07) is 11.0. The number of carbonyl (C=O) groups excluding carboxylic acids is 1. The number of morpholine rings is 1. The van der Waals surface area contributed by atoms with E-state index in [1.165, 1.54) is 9.87 Å². The van der Waals surface area contributed by atoms with Gasteiger partial charge in [0.05, 0.1) is 29.1 Å². The molecule has 8 nitrogen and oxygen atoms in total. The summed E-state index contributed by atoms with van der Waals surface area (Å²) < 4.78 is 35.1. The third kappa shape index (κ3) is 5.74. The Morgan fingerprint density at radius 2 is 1.86 bits per heavy atom. The van der Waals surface area contributed by atoms with Crippen LogP contribution >= 0.6 is 0 Å². The standard InChI is InChI=1S/C26H34N4O4S/c1-4-5-12-30-24-9-8-22(35(32,33)29-13-15-34-16-14-29)18-23(24)28-25(30)10-11-26(31)27-21-7-6-19(2)20(3)17-21/h6-9,17-18H,4-5,10-16H2,1-3H3,(H,27,31). The van der Waals surface area contributed by atoms with E-state index in [1.807, 2.05) is 38.1 Å². The first-order valence-corrected chi connectivity index (χ1v) is 13.7. The maximum atomic E-state index is 13.1. The Kier molecular flexibility index (Phi) is 7.88. The maximum Gasteiger partial charge on any atom is 0.243 e. The maximum absolute atomic E-state index is 13.1. The quantitative estimate of drug-likeness (QED) is 0.481. The van der Waals surface area contributed by atoms with Gasteiger partial charge in [-0.05, 0) is 61.7 Å². The highest BCUT2D eigenvalue weighted by Gasteiger charge is 2.27. The van der Waals surface area contributed by atoms with Crippen LogP contribution in [0.2, 0.25) is 0 Å². The van der Waals surface area contributed by atoms with E-state index in [0.717, 1.165) is 42.0 Å². The van der Waals surface area contributed by atoms with Crippen LogP contribution in [0.4, 0.5) is 5.69 Å². The summed E-state index contributed by atoms with van der Waals surface area (Å²) in [5, 5.41) is 2.97. The van der Waals surface area contributed by atoms with Crippen LogP contribution in [0.3, 0.4) is 0 Å². The SMILES string of the molecule is CCCCn1c(CCC(=O)Nc2ccc(C)c(C)c2)nc2cc(S(=O)(=O)N3CCOCC3)ccc21. The third-order valence-corrected chi connectivity index (χ3v) is 8.40. The van der Waals surface area contributed by atoms with E-state index in [2.05, 4.69) is 16.8 Å². The van der Waals surface area contributed by atoms with Crippen molar-refractivity contribution in [2.75, 3.05) is 31.6 Å². The van der Waals surface area contributed by atoms with Crippen LogP contribution in [-0.4, -0.2) is 54.5 Å². The Hall–Kier alpha value is -2.75. The number of anilines is 1. The molecule has 1 saturated heterocycles. The lowest BCUT2D eigenvalue weighted by molar-refractivity contribution is -0.116. The number of ether oxygens (including phenoxy) is 1. The molecule has 188 valence electrons. The van der Waals surface area contributed by atoms with E-state index in [1.54, 1.807) is 12.1 Å². The van der Waals surface area contributed by atoms with Gasteiger partial charge < -0.3 is 14.6 Å². The second-order valence-electron chi connectivity index (χ2n) is 9.05. The molecule has 1 N–H and O–H groups in total. The highest BCUT2D eigenvalue weighted by Crippen LogP contribution is 2.25. The van der Waals surface area contributed by atoms with Crippen molar-refractivity contribution in [3.63, 3.8) is 0 Å². The number of amides is 1. The Balaban J connectivity index is 1.55. The molecule has 4 rings (SSSR count). The Morgan fingerprint density at radius 1 is 1.09 bits per heavy atom. The summed E-state index contributed by atoms with van der Waals surface area (Å²) >= 11 is 0. The topological polar surface area (TPSA) is 93.5 Å². The first-order chi connectivity index (χ1) is 16.8. The molecular weight excluding hydrogens is 464 g/mol. The summed E-state index contributed by atoms with van der Waals surface area (Å²) in [7, 11) is -3.60. The number of nitrogens with zero attached hydrogens (tertiary/aromatic N) is 3. The number of rotatable bonds is 9. The van der Waals surface area contributed by atoms with Crippen molar-refractivity contribution in [2.45, 2.75) is 57.9 Å². The van der Waals surface area contributed by atoms with Crippen LogP contribution < -0.4 is 5.32 Å². The van der Waals surface area contributed by atoms with Crippen LogP contribution in [0.5, 0.6) is 0 Å². The van der Waals surface area contributed by atoms with Crippen LogP contribution in [0, 0.1) is 13.8 Å². The summed E-state index contributed by atoms with van der Waals surface area (Å²) in [6.45, 7) is 8.48. The lowest BCUT2D eigenvalue weighted by atomic mass is 10.1. The predicted octanol–water partition coefficient (Wildman–Crippen LogP) is 4.05. The molecular formula is C26H34N4O4S. The molecule has 0 aliphatic carbocycles. The number of aryl methyl sites for hydroxylation is 4. The van der Waals surface area contributed by atoms with Crippen LogP contribution in [0.25, 0.3) is 11.0 Å². The van der Waals surface area contributed by atoms with E-state index in [0.29, 0.717) is 44.7 Å². The van der Waals surface area contributed by atoms with Crippen molar-refractivity contribution in [2.24, 2.45) is 0 Å². The molecule has 1 fully saturated rings. The van der Waals surface area contributed by atoms with E-state index < -0.39 is 10.0 Å². The molecule has 0 unspecified atom stereocenters. The molecule has 2 heterocycles. The number of fused-ring (bicyclic) bond motifs is 1. The van der Waals surface area contributed by atoms with Gasteiger partial charge >= 0.3 is 0 Å². The second-order valence-corrected chi connectivity index (χ2v) is 11.0. The fraction of sp³-hybridized carbons (Fsp3) is 0.462. The smallest absolute Gasteiger partial charge is 0.243 e. The van der Waals surface area contributed by atoms with E-state index in [4.69, 9.17) is 9.72 Å². The number of nitrogens with one attached hydrogen (secondary N) is 1. The predicted molar refractivity (Wildman–Crippen MR) is 137 cm³/mol. The number of benzene rings is 2. The molecule has 35 heavy (non-hydrogen) atoms. The van der Waals surface area contributed by atoms with Crippen molar-refractivity contribution in [3.05, 3.63) is 53.3 Å². The molecule has 1 amide bonds. The lowest BCUT2D eigenvalue weighted by Crippen LogP contribution is -2.40. The minimum atomic E-state index is -3.60. The summed E-state index contributed by atoms with van der Waals surface area (Å²) in [5.41, 5.74) is 4.63. The Morgan fingerprint density at radius 3 is 2.57 bits per heavy atom. The Bertz CT molecular complexity index is 1310. The third-order valence-electron chi connectivity index (χ3n) is 6.51. The average molecular weight is 499 g/mol. The molecule has 0 radical (unpaired) electrons. The van der Waals surface area contributed by atoms with Crippen LogP contribution in [-0.2, 0) is 32.5 Å². The van der Waals surface area contributed by atoms with Gasteiger partial charge in [0.25, 0.3) is 0 Å². The fourth-order valence-corrected chi connectivity index (χ4v) is 5.71. The number of aromatic nitrogens is 2. The number of hydrogen-bond acceptors (Lipinski definition) is 5. The van der Waals surface area contributed by atoms with E-state index in [-0.39, 0.29) is 10.8 Å². The van der Waals surface area contributed by atoms with Crippen molar-refractivity contribution in [1.82, 2.24) is 13.9 Å². The van der Waals surface area contributed by atoms with Crippen LogP contribution in [0.15, 0.2) is 41.3 Å². The van der Waals surface area contributed by atoms with Crippen LogP contribution in [0.1, 0.15) is 43.1 Å². The fourth-order valence-electron chi connectivity index (χ4n) is 4.28. The number of sulfonamides is 1. The van der Waals surface area contributed by atoms with Gasteiger partial charge in [-0.1, -0.05) is 19.4 Å². The van der Waals surface area contributed by atoms with Crippen molar-refractivity contribution in [1.29, 1.82) is 0 Å². The minimum Gasteiger partial charge on any atom is -0.379 e. The average Bonchev–Trinajstić information content (AvgIpc) is 3.21. The van der Waals surface area contributed by atoms with Gasteiger partial charge in [0.2, 0.25) is 15.9 Å². The Labute approximate surface area is 207 Å². The zero-order chi connectivity index (χ0) is 25.0. The zero-order valence-corrected chi connectivity index (χ0v) is 21.5. The monoisotopic (exact) mass is 498 g/mol. The van der Waals surface area contributed by atoms with Gasteiger partial charge in [0.1, 0.15) is 5.82 Å². The number of unbranched alkanes of at least 4 members (excludes halogenated alkanes) is 1. The van der Waals surface area contributed by atoms with E-state index >= 15 is 0 Å². The highest BCUT2D eigenvalue weighted by molar-refractivity contribution is 7.89. The first kappa shape index (κ1) is 25.3. The van der Waals surface area contributed by atoms with Gasteiger partial charge in [-0.3, -0.25) is 4.79 Å². The van der Waals surface area contributed by atoms with Crippen molar-refractivity contribution >= 4 is 32.7 Å². The number of carbonyl (C=O) groups is 1. The molecule has 9 heteroatoms. The highest BCUT2D eigenvalue weighted by atomic mass is 32.2. The van der Waals surface area contributed by atoms with Gasteiger partial charge in [0.15, 0.2) is 0 Å². The van der Waals surface area contributed by atoms with Gasteiger partial charge in [0, 0.05) is 38.2 Å². The molecule has 0 spiro atoms. The number of imidazole rings is 1. The summed E-state index contributed by atoms with van der Waals surface area (Å²) in [4.78, 5) is 17.6. The minimum absolute atomic E-state index is 0.0714. The lowest BCUT2D eigenvalue weighted by Gasteiger charge is -2.26. The molecule has 0 saturated carbocycles. The van der Waals surface area contributed by atoms with Crippen molar-refractivity contribution in [3.8, 4) is 0 Å². The van der Waals surface area contributed by atoms with E-state index in [9.17, 15) is 13.2 Å². The largest absolute Gasteiger partial charge is 0.379 e. The van der Waals surface area contributed by atoms with Gasteiger partial charge in [-0.2, -0.15) is 4.31 Å².